The van der Waals surface area contributed by atoms with Crippen LogP contribution in [-0.4, -0.2) is 34.0 Å². The van der Waals surface area contributed by atoms with Crippen LogP contribution in [0.2, 0.25) is 0 Å². The van der Waals surface area contributed by atoms with E-state index in [1.165, 1.54) is 6.26 Å². The molecule has 1 aromatic rings. The van der Waals surface area contributed by atoms with Crippen LogP contribution in [0.3, 0.4) is 0 Å². The molecule has 96 valence electrons. The lowest BCUT2D eigenvalue weighted by molar-refractivity contribution is 0.601. The molecule has 0 fully saturated rings. The molecule has 0 aliphatic heterocycles. The van der Waals surface area contributed by atoms with Gasteiger partial charge in [-0.25, -0.2) is 8.42 Å². The summed E-state index contributed by atoms with van der Waals surface area (Å²) in [5, 5.41) is 0. The van der Waals surface area contributed by atoms with E-state index in [9.17, 15) is 8.42 Å². The second-order valence-corrected chi connectivity index (χ2v) is 6.82. The predicted molar refractivity (Wildman–Crippen MR) is 73.7 cm³/mol. The lowest BCUT2D eigenvalue weighted by Gasteiger charge is -2.20. The van der Waals surface area contributed by atoms with Gasteiger partial charge < -0.3 is 4.90 Å². The Labute approximate surface area is 108 Å². The Morgan fingerprint density at radius 2 is 2.00 bits per heavy atom. The average molecular weight is 276 g/mol. The summed E-state index contributed by atoms with van der Waals surface area (Å²) in [4.78, 5) is 1.94. The molecule has 0 bridgehead atoms. The zero-order valence-electron chi connectivity index (χ0n) is 10.4. The maximum atomic E-state index is 11.1. The molecule has 0 saturated carbocycles. The molecule has 1 rings (SSSR count). The third-order valence-electron chi connectivity index (χ3n) is 2.71. The number of benzene rings is 1. The molecule has 5 heteroatoms. The van der Waals surface area contributed by atoms with Crippen LogP contribution < -0.4 is 4.90 Å². The van der Waals surface area contributed by atoms with Crippen LogP contribution in [-0.2, 0) is 15.7 Å². The highest BCUT2D eigenvalue weighted by Crippen LogP contribution is 2.19. The summed E-state index contributed by atoms with van der Waals surface area (Å²) < 4.78 is 22.2. The van der Waals surface area contributed by atoms with Gasteiger partial charge in [-0.05, 0) is 30.2 Å². The lowest BCUT2D eigenvalue weighted by Crippen LogP contribution is -2.24. The molecular weight excluding hydrogens is 258 g/mol. The van der Waals surface area contributed by atoms with E-state index in [-0.39, 0.29) is 5.75 Å². The summed E-state index contributed by atoms with van der Waals surface area (Å²) in [6.45, 7) is 2.50. The first kappa shape index (κ1) is 14.3. The number of sulfone groups is 1. The van der Waals surface area contributed by atoms with Crippen LogP contribution >= 0.6 is 11.6 Å². The largest absolute Gasteiger partial charge is 0.374 e. The summed E-state index contributed by atoms with van der Waals surface area (Å²) >= 11 is 5.79. The minimum atomic E-state index is -2.91. The third kappa shape index (κ3) is 4.56. The van der Waals surface area contributed by atoms with E-state index in [2.05, 4.69) is 0 Å². The van der Waals surface area contributed by atoms with Crippen molar-refractivity contribution < 1.29 is 8.42 Å². The molecule has 1 aromatic carbocycles. The van der Waals surface area contributed by atoms with Gasteiger partial charge in [-0.15, -0.1) is 11.6 Å². The van der Waals surface area contributed by atoms with Crippen LogP contribution in [0.5, 0.6) is 0 Å². The van der Waals surface area contributed by atoms with E-state index in [0.29, 0.717) is 12.4 Å². The predicted octanol–water partition coefficient (Wildman–Crippen LogP) is 2.21. The lowest BCUT2D eigenvalue weighted by atomic mass is 10.1. The second kappa shape index (κ2) is 5.74. The van der Waals surface area contributed by atoms with Gasteiger partial charge in [0.25, 0.3) is 0 Å². The fourth-order valence-corrected chi connectivity index (χ4v) is 2.40. The highest BCUT2D eigenvalue weighted by Gasteiger charge is 2.07. The van der Waals surface area contributed by atoms with Gasteiger partial charge in [0.05, 0.1) is 5.75 Å². The van der Waals surface area contributed by atoms with E-state index < -0.39 is 9.84 Å². The quantitative estimate of drug-likeness (QED) is 0.774. The third-order valence-corrected chi connectivity index (χ3v) is 3.92. The Kier molecular flexibility index (Phi) is 4.83. The molecule has 0 N–H and O–H groups in total. The molecule has 0 radical (unpaired) electrons. The van der Waals surface area contributed by atoms with Crippen molar-refractivity contribution >= 4 is 27.1 Å². The molecule has 0 aliphatic carbocycles. The normalized spacial score (nSPS) is 11.5. The Bertz CT molecular complexity index is 485. The number of rotatable bonds is 5. The number of aryl methyl sites for hydroxylation is 1. The molecule has 0 atom stereocenters. The first-order chi connectivity index (χ1) is 7.83. The van der Waals surface area contributed by atoms with E-state index in [4.69, 9.17) is 11.6 Å². The molecule has 0 aliphatic rings. The van der Waals surface area contributed by atoms with Crippen LogP contribution in [0.15, 0.2) is 18.2 Å². The summed E-state index contributed by atoms with van der Waals surface area (Å²) in [7, 11) is -1.02. The van der Waals surface area contributed by atoms with Crippen molar-refractivity contribution in [3.05, 3.63) is 29.3 Å². The molecule has 3 nitrogen and oxygen atoms in total. The number of alkyl halides is 1. The number of nitrogens with zero attached hydrogens (tertiary/aromatic N) is 1. The molecule has 0 unspecified atom stereocenters. The van der Waals surface area contributed by atoms with Gasteiger partial charge in [0.15, 0.2) is 0 Å². The van der Waals surface area contributed by atoms with Gasteiger partial charge in [-0.3, -0.25) is 0 Å². The van der Waals surface area contributed by atoms with Gasteiger partial charge in [0.2, 0.25) is 0 Å². The summed E-state index contributed by atoms with van der Waals surface area (Å²) in [5.41, 5.74) is 3.25. The van der Waals surface area contributed by atoms with E-state index in [0.717, 1.165) is 16.8 Å². The highest BCUT2D eigenvalue weighted by molar-refractivity contribution is 7.90. The average Bonchev–Trinajstić information content (AvgIpc) is 2.24. The van der Waals surface area contributed by atoms with Gasteiger partial charge in [0, 0.05) is 31.4 Å². The minimum absolute atomic E-state index is 0.166. The SMILES string of the molecule is Cc1cc(N(C)CCS(C)(=O)=O)ccc1CCl. The molecule has 0 spiro atoms. The first-order valence-electron chi connectivity index (χ1n) is 5.38. The number of anilines is 1. The van der Waals surface area contributed by atoms with Crippen molar-refractivity contribution in [2.45, 2.75) is 12.8 Å². The number of hydrogen-bond acceptors (Lipinski definition) is 3. The number of halogens is 1. The van der Waals surface area contributed by atoms with Gasteiger partial charge in [0.1, 0.15) is 9.84 Å². The van der Waals surface area contributed by atoms with Crippen molar-refractivity contribution in [1.29, 1.82) is 0 Å². The molecule has 0 saturated heterocycles. The molecule has 0 heterocycles. The van der Waals surface area contributed by atoms with Gasteiger partial charge >= 0.3 is 0 Å². The van der Waals surface area contributed by atoms with E-state index in [1.54, 1.807) is 0 Å². The van der Waals surface area contributed by atoms with Crippen LogP contribution in [0.25, 0.3) is 0 Å². The molecule has 0 amide bonds. The highest BCUT2D eigenvalue weighted by atomic mass is 35.5. The van der Waals surface area contributed by atoms with Crippen LogP contribution in [0, 0.1) is 6.92 Å². The smallest absolute Gasteiger partial charge is 0.149 e. The zero-order valence-corrected chi connectivity index (χ0v) is 12.0. The molecular formula is C12H18ClNO2S. The maximum absolute atomic E-state index is 11.1. The zero-order chi connectivity index (χ0) is 13.1. The van der Waals surface area contributed by atoms with Crippen molar-refractivity contribution in [2.24, 2.45) is 0 Å². The van der Waals surface area contributed by atoms with Crippen LogP contribution in [0.1, 0.15) is 11.1 Å². The van der Waals surface area contributed by atoms with Crippen molar-refractivity contribution in [3.63, 3.8) is 0 Å². The monoisotopic (exact) mass is 275 g/mol. The van der Waals surface area contributed by atoms with Crippen LogP contribution in [0.4, 0.5) is 5.69 Å². The topological polar surface area (TPSA) is 37.4 Å². The van der Waals surface area contributed by atoms with Crippen molar-refractivity contribution in [2.75, 3.05) is 30.5 Å². The minimum Gasteiger partial charge on any atom is -0.374 e. The first-order valence-corrected chi connectivity index (χ1v) is 7.97. The maximum Gasteiger partial charge on any atom is 0.149 e. The second-order valence-electron chi connectivity index (χ2n) is 4.30. The Balaban J connectivity index is 2.76. The van der Waals surface area contributed by atoms with Gasteiger partial charge in [-0.1, -0.05) is 6.07 Å². The fraction of sp³-hybridized carbons (Fsp3) is 0.500. The van der Waals surface area contributed by atoms with Gasteiger partial charge in [-0.2, -0.15) is 0 Å². The number of hydrogen-bond donors (Lipinski definition) is 0. The molecule has 17 heavy (non-hydrogen) atoms. The summed E-state index contributed by atoms with van der Waals surface area (Å²) in [5.74, 6) is 0.666. The summed E-state index contributed by atoms with van der Waals surface area (Å²) in [6, 6.07) is 5.97. The fourth-order valence-electron chi connectivity index (χ4n) is 1.50. The Morgan fingerprint density at radius 3 is 2.47 bits per heavy atom. The van der Waals surface area contributed by atoms with E-state index >= 15 is 0 Å². The summed E-state index contributed by atoms with van der Waals surface area (Å²) in [6.07, 6.45) is 1.25. The standard InChI is InChI=1S/C12H18ClNO2S/c1-10-8-12(5-4-11(10)9-13)14(2)6-7-17(3,15)16/h4-5,8H,6-7,9H2,1-3H3. The van der Waals surface area contributed by atoms with Crippen molar-refractivity contribution in [1.82, 2.24) is 0 Å². The Morgan fingerprint density at radius 1 is 1.35 bits per heavy atom. The van der Waals surface area contributed by atoms with E-state index in [1.807, 2.05) is 37.1 Å². The van der Waals surface area contributed by atoms with Crippen molar-refractivity contribution in [3.8, 4) is 0 Å². The Hall–Kier alpha value is -0.740. The molecule has 0 aromatic heterocycles.